The lowest BCUT2D eigenvalue weighted by Crippen LogP contribution is -2.36. The molecule has 0 atom stereocenters. The van der Waals surface area contributed by atoms with E-state index in [1.54, 1.807) is 0 Å². The van der Waals surface area contributed by atoms with E-state index in [1.165, 1.54) is 34.7 Å². The molecule has 2 heterocycles. The van der Waals surface area contributed by atoms with Gasteiger partial charge < -0.3 is 10.2 Å². The molecule has 6 nitrogen and oxygen atoms in total. The number of fused-ring (bicyclic) bond motifs is 1. The van der Waals surface area contributed by atoms with Gasteiger partial charge in [0.05, 0.1) is 0 Å². The first-order valence-corrected chi connectivity index (χ1v) is 12.1. The first-order chi connectivity index (χ1) is 15.2. The Balaban J connectivity index is 1.59. The van der Waals surface area contributed by atoms with Gasteiger partial charge in [-0.25, -0.2) is 17.2 Å². The van der Waals surface area contributed by atoms with E-state index in [4.69, 9.17) is 0 Å². The lowest BCUT2D eigenvalue weighted by molar-refractivity contribution is 0.102. The lowest BCUT2D eigenvalue weighted by Gasteiger charge is -2.28. The number of amides is 1. The van der Waals surface area contributed by atoms with Crippen molar-refractivity contribution in [2.75, 3.05) is 30.9 Å². The molecular weight excluding hydrogens is 456 g/mol. The predicted molar refractivity (Wildman–Crippen MR) is 121 cm³/mol. The molecule has 0 fully saturated rings. The smallest absolute Gasteiger partial charge is 0.267 e. The van der Waals surface area contributed by atoms with E-state index in [-0.39, 0.29) is 27.7 Å². The summed E-state index contributed by atoms with van der Waals surface area (Å²) in [6.45, 7) is 0.524. The van der Waals surface area contributed by atoms with Gasteiger partial charge in [-0.15, -0.1) is 11.3 Å². The van der Waals surface area contributed by atoms with Crippen LogP contribution in [0.3, 0.4) is 0 Å². The number of nitrogens with one attached hydrogen (secondary N) is 1. The molecule has 0 bridgehead atoms. The summed E-state index contributed by atoms with van der Waals surface area (Å²) in [4.78, 5) is 14.0. The number of thiophene rings is 1. The highest BCUT2D eigenvalue weighted by atomic mass is 32.2. The van der Waals surface area contributed by atoms with Gasteiger partial charge in [0.15, 0.2) is 11.6 Å². The lowest BCUT2D eigenvalue weighted by atomic mass is 10.0. The van der Waals surface area contributed by atoms with Crippen molar-refractivity contribution in [3.05, 3.63) is 75.5 Å². The van der Waals surface area contributed by atoms with Crippen molar-refractivity contribution < 1.29 is 22.0 Å². The van der Waals surface area contributed by atoms with Crippen LogP contribution in [0.25, 0.3) is 0 Å². The summed E-state index contributed by atoms with van der Waals surface area (Å²) in [5, 5.41) is 3.92. The third-order valence-electron chi connectivity index (χ3n) is 5.27. The van der Waals surface area contributed by atoms with E-state index in [2.05, 4.69) is 5.32 Å². The number of benzene rings is 2. The molecule has 1 aliphatic heterocycles. The molecule has 1 aromatic heterocycles. The van der Waals surface area contributed by atoms with Gasteiger partial charge in [-0.05, 0) is 41.1 Å². The Bertz CT molecular complexity index is 1270. The number of hydrogen-bond acceptors (Lipinski definition) is 5. The van der Waals surface area contributed by atoms with Crippen molar-refractivity contribution >= 4 is 38.6 Å². The summed E-state index contributed by atoms with van der Waals surface area (Å²) in [5.74, 6) is -2.42. The molecular formula is C22H21F2N3O3S2. The van der Waals surface area contributed by atoms with Crippen LogP contribution < -0.4 is 10.2 Å². The summed E-state index contributed by atoms with van der Waals surface area (Å²) in [5.41, 5.74) is 1.70. The van der Waals surface area contributed by atoms with E-state index in [9.17, 15) is 22.0 Å². The van der Waals surface area contributed by atoms with Gasteiger partial charge in [-0.1, -0.05) is 24.3 Å². The Morgan fingerprint density at radius 1 is 1.09 bits per heavy atom. The highest BCUT2D eigenvalue weighted by Gasteiger charge is 2.32. The fraction of sp³-hybridized carbons (Fsp3) is 0.227. The highest BCUT2D eigenvalue weighted by Crippen LogP contribution is 2.31. The Labute approximate surface area is 189 Å². The normalized spacial score (nSPS) is 14.1. The number of halogens is 2. The zero-order valence-electron chi connectivity index (χ0n) is 17.4. The van der Waals surface area contributed by atoms with Gasteiger partial charge in [-0.3, -0.25) is 4.79 Å². The molecule has 10 heteroatoms. The van der Waals surface area contributed by atoms with Gasteiger partial charge in [0.2, 0.25) is 10.0 Å². The molecule has 0 unspecified atom stereocenters. The van der Waals surface area contributed by atoms with Gasteiger partial charge >= 0.3 is 0 Å². The van der Waals surface area contributed by atoms with E-state index in [0.717, 1.165) is 34.6 Å². The van der Waals surface area contributed by atoms with Crippen molar-refractivity contribution in [2.45, 2.75) is 17.9 Å². The van der Waals surface area contributed by atoms with Crippen LogP contribution in [0.2, 0.25) is 0 Å². The maximum Gasteiger partial charge on any atom is 0.267 e. The van der Waals surface area contributed by atoms with Gasteiger partial charge in [0, 0.05) is 32.9 Å². The number of sulfonamides is 1. The minimum atomic E-state index is -3.94. The molecule has 0 radical (unpaired) electrons. The minimum absolute atomic E-state index is 0.0404. The molecule has 1 N–H and O–H groups in total. The topological polar surface area (TPSA) is 69.7 Å². The van der Waals surface area contributed by atoms with Gasteiger partial charge in [0.1, 0.15) is 15.5 Å². The summed E-state index contributed by atoms with van der Waals surface area (Å²) in [7, 11) is -0.933. The van der Waals surface area contributed by atoms with Crippen LogP contribution in [0.4, 0.5) is 20.2 Å². The second-order valence-electron chi connectivity index (χ2n) is 7.61. The number of hydrogen-bond donors (Lipinski definition) is 1. The fourth-order valence-corrected chi connectivity index (χ4v) is 6.45. The van der Waals surface area contributed by atoms with Crippen LogP contribution in [0, 0.1) is 11.6 Å². The largest absolute Gasteiger partial charge is 0.373 e. The molecule has 0 spiro atoms. The summed E-state index contributed by atoms with van der Waals surface area (Å²) < 4.78 is 56.4. The number of anilines is 2. The van der Waals surface area contributed by atoms with Crippen molar-refractivity contribution in [1.29, 1.82) is 0 Å². The Hall–Kier alpha value is -2.82. The van der Waals surface area contributed by atoms with Crippen molar-refractivity contribution in [3.8, 4) is 0 Å². The molecule has 0 aliphatic carbocycles. The number of carbonyl (C=O) groups is 1. The van der Waals surface area contributed by atoms with E-state index >= 15 is 0 Å². The van der Waals surface area contributed by atoms with Crippen molar-refractivity contribution in [2.24, 2.45) is 0 Å². The fourth-order valence-electron chi connectivity index (χ4n) is 3.73. The van der Waals surface area contributed by atoms with E-state index < -0.39 is 27.6 Å². The van der Waals surface area contributed by atoms with E-state index in [0.29, 0.717) is 13.0 Å². The standard InChI is InChI=1S/C22H21F2N3O3S2/c1-26(2)20-17(23)11-16(12-18(20)24)25-22(28)21-19(8-10-31-21)32(29,30)27-9-7-14-5-3-4-6-15(14)13-27/h3-6,8,10-12H,7,9,13H2,1-2H3,(H,25,28). The Morgan fingerprint density at radius 2 is 1.75 bits per heavy atom. The van der Waals surface area contributed by atoms with Crippen LogP contribution in [0.1, 0.15) is 20.8 Å². The Kier molecular flexibility index (Phi) is 6.02. The SMILES string of the molecule is CN(C)c1c(F)cc(NC(=O)c2sccc2S(=O)(=O)N2CCc3ccccc3C2)cc1F. The Morgan fingerprint density at radius 3 is 2.41 bits per heavy atom. The molecule has 4 rings (SSSR count). The van der Waals surface area contributed by atoms with Gasteiger partial charge in [0.25, 0.3) is 5.91 Å². The minimum Gasteiger partial charge on any atom is -0.373 e. The predicted octanol–water partition coefficient (Wildman–Crippen LogP) is 4.09. The molecule has 2 aromatic carbocycles. The first kappa shape index (κ1) is 22.4. The van der Waals surface area contributed by atoms with Crippen LogP contribution in [-0.4, -0.2) is 39.3 Å². The molecule has 32 heavy (non-hydrogen) atoms. The zero-order valence-corrected chi connectivity index (χ0v) is 19.1. The van der Waals surface area contributed by atoms with Crippen molar-refractivity contribution in [3.63, 3.8) is 0 Å². The van der Waals surface area contributed by atoms with Crippen LogP contribution in [0.5, 0.6) is 0 Å². The molecule has 0 saturated heterocycles. The van der Waals surface area contributed by atoms with Gasteiger partial charge in [-0.2, -0.15) is 4.31 Å². The summed E-state index contributed by atoms with van der Waals surface area (Å²) in [6.07, 6.45) is 0.581. The second kappa shape index (κ2) is 8.61. The first-order valence-electron chi connectivity index (χ1n) is 9.80. The third-order valence-corrected chi connectivity index (χ3v) is 8.20. The molecule has 3 aromatic rings. The van der Waals surface area contributed by atoms with Crippen LogP contribution in [0.15, 0.2) is 52.7 Å². The summed E-state index contributed by atoms with van der Waals surface area (Å²) >= 11 is 0.956. The quantitative estimate of drug-likeness (QED) is 0.601. The molecule has 0 saturated carbocycles. The zero-order chi connectivity index (χ0) is 23.0. The van der Waals surface area contributed by atoms with Crippen LogP contribution in [-0.2, 0) is 23.0 Å². The maximum atomic E-state index is 14.3. The molecule has 1 amide bonds. The average molecular weight is 478 g/mol. The second-order valence-corrected chi connectivity index (χ2v) is 10.4. The monoisotopic (exact) mass is 477 g/mol. The number of rotatable bonds is 5. The summed E-state index contributed by atoms with van der Waals surface area (Å²) in [6, 6.07) is 11.0. The molecule has 1 aliphatic rings. The van der Waals surface area contributed by atoms with Crippen molar-refractivity contribution in [1.82, 2.24) is 4.31 Å². The third kappa shape index (κ3) is 4.13. The number of carbonyl (C=O) groups excluding carboxylic acids is 1. The maximum absolute atomic E-state index is 14.3. The average Bonchev–Trinajstić information content (AvgIpc) is 3.23. The molecule has 168 valence electrons. The number of nitrogens with zero attached hydrogens (tertiary/aromatic N) is 2. The highest BCUT2D eigenvalue weighted by molar-refractivity contribution is 7.89. The van der Waals surface area contributed by atoms with Crippen LogP contribution >= 0.6 is 11.3 Å². The van der Waals surface area contributed by atoms with E-state index in [1.807, 2.05) is 24.3 Å².